The maximum absolute atomic E-state index is 11.7. The van der Waals surface area contributed by atoms with Gasteiger partial charge in [0, 0.05) is 0 Å². The van der Waals surface area contributed by atoms with Gasteiger partial charge in [-0.3, -0.25) is 4.57 Å². The van der Waals surface area contributed by atoms with Gasteiger partial charge in [0.15, 0.2) is 0 Å². The molecule has 0 saturated carbocycles. The van der Waals surface area contributed by atoms with Crippen molar-refractivity contribution in [2.24, 2.45) is 0 Å². The molecule has 0 aliphatic rings. The first-order valence-corrected chi connectivity index (χ1v) is 7.22. The summed E-state index contributed by atoms with van der Waals surface area (Å²) >= 11 is 5.80. The molecule has 1 unspecified atom stereocenters. The standard InChI is InChI=1S/C10H14ClO2P/c1-9(2)13-14(11,12)8-10-6-4-3-5-7-10/h3-7,9H,8H2,1-2H3. The van der Waals surface area contributed by atoms with Gasteiger partial charge in [-0.05, 0) is 30.7 Å². The van der Waals surface area contributed by atoms with Crippen molar-refractivity contribution in [3.05, 3.63) is 35.9 Å². The summed E-state index contributed by atoms with van der Waals surface area (Å²) in [5.74, 6) is 0. The van der Waals surface area contributed by atoms with Crippen molar-refractivity contribution in [1.82, 2.24) is 0 Å². The second-order valence-electron chi connectivity index (χ2n) is 3.39. The van der Waals surface area contributed by atoms with Crippen molar-refractivity contribution in [2.75, 3.05) is 0 Å². The van der Waals surface area contributed by atoms with Crippen LogP contribution in [0.1, 0.15) is 19.4 Å². The Labute approximate surface area is 89.5 Å². The van der Waals surface area contributed by atoms with Crippen LogP contribution in [0.3, 0.4) is 0 Å². The van der Waals surface area contributed by atoms with E-state index in [0.717, 1.165) is 5.56 Å². The van der Waals surface area contributed by atoms with Gasteiger partial charge in [0.05, 0.1) is 12.3 Å². The van der Waals surface area contributed by atoms with Crippen LogP contribution in [0.4, 0.5) is 0 Å². The molecule has 2 nitrogen and oxygen atoms in total. The fourth-order valence-electron chi connectivity index (χ4n) is 1.15. The maximum atomic E-state index is 11.7. The summed E-state index contributed by atoms with van der Waals surface area (Å²) in [6.45, 7) is 0.641. The van der Waals surface area contributed by atoms with Gasteiger partial charge in [0.1, 0.15) is 0 Å². The summed E-state index contributed by atoms with van der Waals surface area (Å²) in [4.78, 5) is 0. The van der Waals surface area contributed by atoms with Crippen molar-refractivity contribution < 1.29 is 9.09 Å². The Morgan fingerprint density at radius 3 is 2.43 bits per heavy atom. The van der Waals surface area contributed by atoms with E-state index in [1.165, 1.54) is 0 Å². The van der Waals surface area contributed by atoms with E-state index in [1.54, 1.807) is 0 Å². The zero-order chi connectivity index (χ0) is 10.6. The van der Waals surface area contributed by atoms with E-state index in [9.17, 15) is 4.57 Å². The van der Waals surface area contributed by atoms with E-state index in [0.29, 0.717) is 0 Å². The van der Waals surface area contributed by atoms with Gasteiger partial charge in [-0.25, -0.2) is 0 Å². The minimum absolute atomic E-state index is 0.109. The lowest BCUT2D eigenvalue weighted by Crippen LogP contribution is -1.99. The minimum atomic E-state index is -3.00. The third-order valence-electron chi connectivity index (χ3n) is 1.58. The molecule has 0 bridgehead atoms. The summed E-state index contributed by atoms with van der Waals surface area (Å²) in [6, 6.07) is 9.46. The quantitative estimate of drug-likeness (QED) is 0.733. The SMILES string of the molecule is CC(C)OP(=O)(Cl)Cc1ccccc1. The van der Waals surface area contributed by atoms with E-state index in [-0.39, 0.29) is 12.3 Å². The number of rotatable bonds is 4. The van der Waals surface area contributed by atoms with Crippen LogP contribution in [0.5, 0.6) is 0 Å². The van der Waals surface area contributed by atoms with Crippen LogP contribution in [0.2, 0.25) is 0 Å². The highest BCUT2D eigenvalue weighted by atomic mass is 35.7. The molecule has 0 heterocycles. The van der Waals surface area contributed by atoms with E-state index < -0.39 is 6.72 Å². The van der Waals surface area contributed by atoms with Crippen molar-refractivity contribution in [3.63, 3.8) is 0 Å². The zero-order valence-corrected chi connectivity index (χ0v) is 9.96. The molecule has 1 aromatic rings. The Balaban J connectivity index is 2.64. The topological polar surface area (TPSA) is 26.3 Å². The van der Waals surface area contributed by atoms with Crippen molar-refractivity contribution in [3.8, 4) is 0 Å². The third-order valence-corrected chi connectivity index (χ3v) is 3.66. The molecule has 0 radical (unpaired) electrons. The number of hydrogen-bond donors (Lipinski definition) is 0. The predicted molar refractivity (Wildman–Crippen MR) is 59.8 cm³/mol. The van der Waals surface area contributed by atoms with Gasteiger partial charge in [-0.1, -0.05) is 30.3 Å². The van der Waals surface area contributed by atoms with Crippen LogP contribution >= 0.6 is 18.0 Å². The lowest BCUT2D eigenvalue weighted by atomic mass is 10.2. The molecular formula is C10H14ClO2P. The maximum Gasteiger partial charge on any atom is 0.294 e. The molecule has 0 fully saturated rings. The van der Waals surface area contributed by atoms with E-state index >= 15 is 0 Å². The van der Waals surface area contributed by atoms with Crippen LogP contribution in [0, 0.1) is 0 Å². The van der Waals surface area contributed by atoms with Gasteiger partial charge in [0.2, 0.25) is 0 Å². The second-order valence-corrected chi connectivity index (χ2v) is 6.64. The molecule has 0 saturated heterocycles. The van der Waals surface area contributed by atoms with Crippen molar-refractivity contribution in [2.45, 2.75) is 26.1 Å². The monoisotopic (exact) mass is 232 g/mol. The molecule has 1 rings (SSSR count). The normalized spacial score (nSPS) is 15.4. The van der Waals surface area contributed by atoms with E-state index in [2.05, 4.69) is 0 Å². The molecule has 1 aromatic carbocycles. The van der Waals surface area contributed by atoms with Gasteiger partial charge < -0.3 is 4.52 Å². The molecule has 0 amide bonds. The van der Waals surface area contributed by atoms with Crippen LogP contribution < -0.4 is 0 Å². The minimum Gasteiger partial charge on any atom is -0.315 e. The van der Waals surface area contributed by atoms with Gasteiger partial charge in [0.25, 0.3) is 6.72 Å². The van der Waals surface area contributed by atoms with Gasteiger partial charge in [-0.2, -0.15) is 0 Å². The second kappa shape index (κ2) is 4.97. The summed E-state index contributed by atoms with van der Waals surface area (Å²) in [5, 5.41) is 0. The first-order valence-electron chi connectivity index (χ1n) is 4.51. The Kier molecular flexibility index (Phi) is 4.18. The first-order chi connectivity index (χ1) is 6.49. The first kappa shape index (κ1) is 11.8. The molecule has 14 heavy (non-hydrogen) atoms. The van der Waals surface area contributed by atoms with Crippen LogP contribution in [-0.2, 0) is 15.3 Å². The zero-order valence-electron chi connectivity index (χ0n) is 8.31. The molecule has 0 aliphatic carbocycles. The summed E-state index contributed by atoms with van der Waals surface area (Å²) < 4.78 is 16.9. The summed E-state index contributed by atoms with van der Waals surface area (Å²) in [5.41, 5.74) is 0.937. The number of halogens is 1. The lowest BCUT2D eigenvalue weighted by Gasteiger charge is -2.14. The molecule has 1 atom stereocenters. The molecule has 0 aliphatic heterocycles. The molecule has 4 heteroatoms. The largest absolute Gasteiger partial charge is 0.315 e. The van der Waals surface area contributed by atoms with Gasteiger partial charge in [-0.15, -0.1) is 0 Å². The average Bonchev–Trinajstić information content (AvgIpc) is 2.02. The Bertz CT molecular complexity index is 324. The molecule has 0 aromatic heterocycles. The van der Waals surface area contributed by atoms with E-state index in [4.69, 9.17) is 15.8 Å². The molecule has 0 spiro atoms. The number of benzene rings is 1. The highest BCUT2D eigenvalue weighted by molar-refractivity contribution is 7.84. The predicted octanol–water partition coefficient (Wildman–Crippen LogP) is 4.04. The van der Waals surface area contributed by atoms with Crippen LogP contribution in [0.15, 0.2) is 30.3 Å². The fraction of sp³-hybridized carbons (Fsp3) is 0.400. The summed E-state index contributed by atoms with van der Waals surface area (Å²) in [6.07, 6.45) is 0.176. The highest BCUT2D eigenvalue weighted by Gasteiger charge is 2.21. The Morgan fingerprint density at radius 1 is 1.36 bits per heavy atom. The van der Waals surface area contributed by atoms with Crippen LogP contribution in [-0.4, -0.2) is 6.10 Å². The van der Waals surface area contributed by atoms with E-state index in [1.807, 2.05) is 44.2 Å². The van der Waals surface area contributed by atoms with Gasteiger partial charge >= 0.3 is 0 Å². The smallest absolute Gasteiger partial charge is 0.294 e. The Morgan fingerprint density at radius 2 is 1.93 bits per heavy atom. The molecular weight excluding hydrogens is 219 g/mol. The summed E-state index contributed by atoms with van der Waals surface area (Å²) in [7, 11) is 0. The molecule has 78 valence electrons. The number of hydrogen-bond acceptors (Lipinski definition) is 2. The highest BCUT2D eigenvalue weighted by Crippen LogP contribution is 2.56. The van der Waals surface area contributed by atoms with Crippen molar-refractivity contribution in [1.29, 1.82) is 0 Å². The lowest BCUT2D eigenvalue weighted by molar-refractivity contribution is 0.251. The van der Waals surface area contributed by atoms with Crippen molar-refractivity contribution >= 4 is 18.0 Å². The molecule has 0 N–H and O–H groups in total. The van der Waals surface area contributed by atoms with Crippen LogP contribution in [0.25, 0.3) is 0 Å². The average molecular weight is 233 g/mol. The third kappa shape index (κ3) is 4.28. The fourth-order valence-corrected chi connectivity index (χ4v) is 3.40. The Hall–Kier alpha value is -0.300.